The summed E-state index contributed by atoms with van der Waals surface area (Å²) in [4.78, 5) is 15.4. The van der Waals surface area contributed by atoms with Crippen molar-refractivity contribution in [1.82, 2.24) is 10.3 Å². The van der Waals surface area contributed by atoms with Gasteiger partial charge in [-0.1, -0.05) is 6.07 Å². The smallest absolute Gasteiger partial charge is 0.252 e. The van der Waals surface area contributed by atoms with Gasteiger partial charge in [0.15, 0.2) is 0 Å². The highest BCUT2D eigenvalue weighted by Crippen LogP contribution is 2.20. The van der Waals surface area contributed by atoms with E-state index in [9.17, 15) is 4.79 Å². The molecule has 0 saturated carbocycles. The second-order valence-electron chi connectivity index (χ2n) is 4.60. The zero-order valence-electron chi connectivity index (χ0n) is 10.1. The number of H-pyrrole nitrogens is 1. The van der Waals surface area contributed by atoms with Gasteiger partial charge in [-0.3, -0.25) is 4.79 Å². The van der Waals surface area contributed by atoms with Gasteiger partial charge in [0, 0.05) is 28.7 Å². The van der Waals surface area contributed by atoms with Crippen molar-refractivity contribution < 1.29 is 4.79 Å². The predicted molar refractivity (Wildman–Crippen MR) is 76.1 cm³/mol. The molecule has 3 nitrogen and oxygen atoms in total. The highest BCUT2D eigenvalue weighted by atomic mass is 32.2. The topological polar surface area (TPSA) is 44.9 Å². The zero-order valence-corrected chi connectivity index (χ0v) is 10.9. The molecule has 4 heteroatoms. The Bertz CT molecular complexity index is 558. The van der Waals surface area contributed by atoms with Crippen LogP contribution in [0.4, 0.5) is 0 Å². The first-order valence-electron chi connectivity index (χ1n) is 6.29. The van der Waals surface area contributed by atoms with Gasteiger partial charge >= 0.3 is 0 Å². The predicted octanol–water partition coefficient (Wildman–Crippen LogP) is 2.79. The highest BCUT2D eigenvalue weighted by molar-refractivity contribution is 7.99. The summed E-state index contributed by atoms with van der Waals surface area (Å²) in [6.07, 6.45) is 4.04. The molecule has 0 unspecified atom stereocenters. The number of carbonyl (C=O) groups excluding carboxylic acids is 1. The molecule has 2 heterocycles. The summed E-state index contributed by atoms with van der Waals surface area (Å²) in [5.41, 5.74) is 1.79. The molecule has 18 heavy (non-hydrogen) atoms. The lowest BCUT2D eigenvalue weighted by atomic mass is 10.1. The summed E-state index contributed by atoms with van der Waals surface area (Å²) in [5.74, 6) is 2.36. The third-order valence-electron chi connectivity index (χ3n) is 3.40. The standard InChI is InChI=1S/C14H16N2OS/c17-14(16-10-5-8-18-9-6-10)12-2-1-3-13-11(12)4-7-15-13/h1-4,7,10,15H,5-6,8-9H2,(H,16,17). The number of benzene rings is 1. The van der Waals surface area contributed by atoms with Crippen molar-refractivity contribution in [3.05, 3.63) is 36.0 Å². The van der Waals surface area contributed by atoms with E-state index in [-0.39, 0.29) is 5.91 Å². The Balaban J connectivity index is 1.81. The van der Waals surface area contributed by atoms with E-state index >= 15 is 0 Å². The molecule has 2 N–H and O–H groups in total. The van der Waals surface area contributed by atoms with E-state index in [1.54, 1.807) is 0 Å². The summed E-state index contributed by atoms with van der Waals surface area (Å²) in [7, 11) is 0. The number of hydrogen-bond acceptors (Lipinski definition) is 2. The molecule has 1 fully saturated rings. The minimum absolute atomic E-state index is 0.0529. The SMILES string of the molecule is O=C(NC1CCSCC1)c1cccc2[nH]ccc12. The van der Waals surface area contributed by atoms with Crippen LogP contribution in [0.2, 0.25) is 0 Å². The lowest BCUT2D eigenvalue weighted by Crippen LogP contribution is -2.37. The van der Waals surface area contributed by atoms with Gasteiger partial charge in [-0.15, -0.1) is 0 Å². The monoisotopic (exact) mass is 260 g/mol. The van der Waals surface area contributed by atoms with Gasteiger partial charge in [0.25, 0.3) is 5.91 Å². The first-order chi connectivity index (χ1) is 8.84. The number of amides is 1. The minimum atomic E-state index is 0.0529. The van der Waals surface area contributed by atoms with Crippen molar-refractivity contribution in [2.75, 3.05) is 11.5 Å². The van der Waals surface area contributed by atoms with E-state index < -0.39 is 0 Å². The molecule has 0 atom stereocenters. The second kappa shape index (κ2) is 5.06. The zero-order chi connectivity index (χ0) is 12.4. The summed E-state index contributed by atoms with van der Waals surface area (Å²) in [6, 6.07) is 8.10. The molecule has 1 aromatic heterocycles. The maximum Gasteiger partial charge on any atom is 0.252 e. The van der Waals surface area contributed by atoms with Crippen LogP contribution in [0, 0.1) is 0 Å². The van der Waals surface area contributed by atoms with Crippen LogP contribution in [0.25, 0.3) is 10.9 Å². The first-order valence-corrected chi connectivity index (χ1v) is 7.45. The lowest BCUT2D eigenvalue weighted by Gasteiger charge is -2.22. The Morgan fingerprint density at radius 3 is 2.94 bits per heavy atom. The van der Waals surface area contributed by atoms with Crippen LogP contribution >= 0.6 is 11.8 Å². The van der Waals surface area contributed by atoms with Gasteiger partial charge in [-0.05, 0) is 42.5 Å². The molecule has 0 spiro atoms. The Labute approximate surface area is 110 Å². The fourth-order valence-electron chi connectivity index (χ4n) is 2.39. The number of nitrogens with one attached hydrogen (secondary N) is 2. The van der Waals surface area contributed by atoms with Gasteiger partial charge in [0.05, 0.1) is 0 Å². The molecule has 3 rings (SSSR count). The van der Waals surface area contributed by atoms with E-state index in [0.717, 1.165) is 40.8 Å². The van der Waals surface area contributed by atoms with Crippen LogP contribution in [0.5, 0.6) is 0 Å². The third-order valence-corrected chi connectivity index (χ3v) is 4.44. The molecule has 2 aromatic rings. The molecular weight excluding hydrogens is 244 g/mol. The first kappa shape index (κ1) is 11.7. The van der Waals surface area contributed by atoms with Crippen LogP contribution in [-0.2, 0) is 0 Å². The Morgan fingerprint density at radius 2 is 2.11 bits per heavy atom. The molecule has 1 aromatic carbocycles. The molecule has 1 aliphatic rings. The maximum atomic E-state index is 12.3. The average Bonchev–Trinajstić information content (AvgIpc) is 2.87. The largest absolute Gasteiger partial charge is 0.361 e. The third kappa shape index (κ3) is 2.25. The number of aromatic nitrogens is 1. The fraction of sp³-hybridized carbons (Fsp3) is 0.357. The quantitative estimate of drug-likeness (QED) is 0.872. The Hall–Kier alpha value is -1.42. The molecule has 0 aliphatic carbocycles. The van der Waals surface area contributed by atoms with Gasteiger partial charge in [-0.25, -0.2) is 0 Å². The van der Waals surface area contributed by atoms with Crippen molar-refractivity contribution in [1.29, 1.82) is 0 Å². The fourth-order valence-corrected chi connectivity index (χ4v) is 3.49. The molecule has 1 aliphatic heterocycles. The van der Waals surface area contributed by atoms with Crippen molar-refractivity contribution in [3.63, 3.8) is 0 Å². The number of hydrogen-bond donors (Lipinski definition) is 2. The van der Waals surface area contributed by atoms with E-state index in [1.165, 1.54) is 0 Å². The van der Waals surface area contributed by atoms with Gasteiger partial charge in [0.2, 0.25) is 0 Å². The van der Waals surface area contributed by atoms with Crippen LogP contribution in [-0.4, -0.2) is 28.4 Å². The van der Waals surface area contributed by atoms with E-state index in [4.69, 9.17) is 0 Å². The van der Waals surface area contributed by atoms with Gasteiger partial charge < -0.3 is 10.3 Å². The maximum absolute atomic E-state index is 12.3. The van der Waals surface area contributed by atoms with Crippen molar-refractivity contribution in [2.24, 2.45) is 0 Å². The molecule has 1 saturated heterocycles. The summed E-state index contributed by atoms with van der Waals surface area (Å²) in [5, 5.41) is 4.15. The molecule has 94 valence electrons. The summed E-state index contributed by atoms with van der Waals surface area (Å²) < 4.78 is 0. The van der Waals surface area contributed by atoms with E-state index in [0.29, 0.717) is 6.04 Å². The summed E-state index contributed by atoms with van der Waals surface area (Å²) >= 11 is 1.97. The molecule has 1 amide bonds. The molecule has 0 radical (unpaired) electrons. The Morgan fingerprint density at radius 1 is 1.28 bits per heavy atom. The van der Waals surface area contributed by atoms with Crippen LogP contribution in [0.1, 0.15) is 23.2 Å². The number of carbonyl (C=O) groups is 1. The number of rotatable bonds is 2. The highest BCUT2D eigenvalue weighted by Gasteiger charge is 2.18. The van der Waals surface area contributed by atoms with Crippen LogP contribution in [0.3, 0.4) is 0 Å². The van der Waals surface area contributed by atoms with Gasteiger partial charge in [0.1, 0.15) is 0 Å². The van der Waals surface area contributed by atoms with E-state index in [2.05, 4.69) is 10.3 Å². The van der Waals surface area contributed by atoms with Crippen molar-refractivity contribution in [3.8, 4) is 0 Å². The molecular formula is C14H16N2OS. The van der Waals surface area contributed by atoms with Crippen LogP contribution < -0.4 is 5.32 Å². The number of fused-ring (bicyclic) bond motifs is 1. The summed E-state index contributed by atoms with van der Waals surface area (Å²) in [6.45, 7) is 0. The normalized spacial score (nSPS) is 16.9. The number of thioether (sulfide) groups is 1. The van der Waals surface area contributed by atoms with Crippen molar-refractivity contribution >= 4 is 28.6 Å². The number of aromatic amines is 1. The second-order valence-corrected chi connectivity index (χ2v) is 5.83. The van der Waals surface area contributed by atoms with Crippen molar-refractivity contribution in [2.45, 2.75) is 18.9 Å². The van der Waals surface area contributed by atoms with Gasteiger partial charge in [-0.2, -0.15) is 11.8 Å². The van der Waals surface area contributed by atoms with E-state index in [1.807, 2.05) is 42.2 Å². The van der Waals surface area contributed by atoms with Crippen LogP contribution in [0.15, 0.2) is 30.5 Å². The lowest BCUT2D eigenvalue weighted by molar-refractivity contribution is 0.0936. The Kier molecular flexibility index (Phi) is 3.28. The minimum Gasteiger partial charge on any atom is -0.361 e. The molecule has 0 bridgehead atoms. The average molecular weight is 260 g/mol.